The molecule has 2 amide bonds. The first-order chi connectivity index (χ1) is 17.6. The van der Waals surface area contributed by atoms with Crippen LogP contribution in [0.4, 0.5) is 5.69 Å². The molecule has 3 aromatic carbocycles. The van der Waals surface area contributed by atoms with Crippen LogP contribution in [0.3, 0.4) is 0 Å². The lowest BCUT2D eigenvalue weighted by atomic mass is 10.1. The van der Waals surface area contributed by atoms with Crippen LogP contribution in [0.25, 0.3) is 6.08 Å². The van der Waals surface area contributed by atoms with Gasteiger partial charge < -0.3 is 10.2 Å². The largest absolute Gasteiger partial charge is 0.348 e. The van der Waals surface area contributed by atoms with Gasteiger partial charge in [-0.2, -0.15) is 0 Å². The van der Waals surface area contributed by atoms with E-state index in [1.54, 1.807) is 24.5 Å². The van der Waals surface area contributed by atoms with E-state index in [0.29, 0.717) is 23.6 Å². The minimum Gasteiger partial charge on any atom is -0.348 e. The van der Waals surface area contributed by atoms with E-state index in [0.717, 1.165) is 32.8 Å². The molecule has 0 saturated heterocycles. The Bertz CT molecular complexity index is 1430. The van der Waals surface area contributed by atoms with E-state index in [2.05, 4.69) is 29.4 Å². The summed E-state index contributed by atoms with van der Waals surface area (Å²) in [6.07, 6.45) is 5.33. The number of carbonyl (C=O) groups excluding carboxylic acids is 2. The zero-order chi connectivity index (χ0) is 24.9. The number of nitrogens with one attached hydrogen (secondary N) is 1. The predicted octanol–water partition coefficient (Wildman–Crippen LogP) is 6.00. The molecule has 1 N–H and O–H groups in total. The molecule has 0 radical (unpaired) electrons. The first-order valence-corrected chi connectivity index (χ1v) is 12.5. The maximum atomic E-state index is 13.6. The molecule has 1 aromatic heterocycles. The van der Waals surface area contributed by atoms with Crippen molar-refractivity contribution in [2.24, 2.45) is 0 Å². The number of nitrogens with zero attached hydrogens (tertiary/aromatic N) is 2. The van der Waals surface area contributed by atoms with E-state index in [4.69, 9.17) is 0 Å². The number of aryl methyl sites for hydroxylation is 1. The Hall–Kier alpha value is -4.16. The van der Waals surface area contributed by atoms with Crippen LogP contribution in [0, 0.1) is 6.92 Å². The number of anilines is 1. The summed E-state index contributed by atoms with van der Waals surface area (Å²) in [6.45, 7) is 2.99. The molecule has 0 aliphatic carbocycles. The zero-order valence-corrected chi connectivity index (χ0v) is 20.7. The molecule has 1 aliphatic rings. The normalized spacial score (nSPS) is 14.0. The highest BCUT2D eigenvalue weighted by Crippen LogP contribution is 2.42. The van der Waals surface area contributed by atoms with Gasteiger partial charge in [0.05, 0.1) is 17.1 Å². The molecule has 0 unspecified atom stereocenters. The lowest BCUT2D eigenvalue weighted by molar-refractivity contribution is -0.114. The van der Waals surface area contributed by atoms with Gasteiger partial charge >= 0.3 is 0 Å². The maximum Gasteiger partial charge on any atom is 0.265 e. The smallest absolute Gasteiger partial charge is 0.265 e. The van der Waals surface area contributed by atoms with Crippen LogP contribution in [0.2, 0.25) is 0 Å². The molecule has 0 fully saturated rings. The number of carbonyl (C=O) groups is 2. The number of benzene rings is 3. The van der Waals surface area contributed by atoms with E-state index in [1.807, 2.05) is 71.6 Å². The monoisotopic (exact) mass is 491 g/mol. The number of hydrogen-bond donors (Lipinski definition) is 1. The van der Waals surface area contributed by atoms with E-state index >= 15 is 0 Å². The van der Waals surface area contributed by atoms with Gasteiger partial charge in [-0.3, -0.25) is 14.6 Å². The molecule has 36 heavy (non-hydrogen) atoms. The second-order valence-corrected chi connectivity index (χ2v) is 9.65. The summed E-state index contributed by atoms with van der Waals surface area (Å²) in [7, 11) is 0. The van der Waals surface area contributed by atoms with Gasteiger partial charge in [0.1, 0.15) is 0 Å². The predicted molar refractivity (Wildman–Crippen MR) is 144 cm³/mol. The van der Waals surface area contributed by atoms with Gasteiger partial charge in [0.2, 0.25) is 0 Å². The van der Waals surface area contributed by atoms with E-state index in [1.165, 1.54) is 11.8 Å². The van der Waals surface area contributed by atoms with Crippen LogP contribution in [-0.2, 0) is 17.9 Å². The molecule has 4 aromatic rings. The highest BCUT2D eigenvalue weighted by molar-refractivity contribution is 8.04. The Morgan fingerprint density at radius 3 is 2.53 bits per heavy atom. The minimum absolute atomic E-state index is 0.0276. The molecule has 5 rings (SSSR count). The summed E-state index contributed by atoms with van der Waals surface area (Å²) in [5.74, 6) is -0.181. The Labute approximate surface area is 214 Å². The third-order valence-electron chi connectivity index (χ3n) is 6.07. The topological polar surface area (TPSA) is 62.3 Å². The van der Waals surface area contributed by atoms with Crippen molar-refractivity contribution in [3.8, 4) is 0 Å². The van der Waals surface area contributed by atoms with Crippen molar-refractivity contribution in [2.75, 3.05) is 4.90 Å². The van der Waals surface area contributed by atoms with Gasteiger partial charge in [-0.25, -0.2) is 0 Å². The van der Waals surface area contributed by atoms with Crippen LogP contribution in [0.15, 0.2) is 107 Å². The van der Waals surface area contributed by atoms with Gasteiger partial charge in [0, 0.05) is 29.4 Å². The first-order valence-electron chi connectivity index (χ1n) is 11.7. The third kappa shape index (κ3) is 5.24. The molecule has 0 spiro atoms. The first kappa shape index (κ1) is 23.6. The molecule has 5 nitrogen and oxygen atoms in total. The zero-order valence-electron chi connectivity index (χ0n) is 19.8. The molecule has 6 heteroatoms. The molecular formula is C30H25N3O2S. The number of hydrogen-bond acceptors (Lipinski definition) is 4. The van der Waals surface area contributed by atoms with Crippen molar-refractivity contribution in [1.82, 2.24) is 10.3 Å². The molecule has 178 valence electrons. The summed E-state index contributed by atoms with van der Waals surface area (Å²) >= 11 is 1.48. The number of rotatable bonds is 6. The highest BCUT2D eigenvalue weighted by Gasteiger charge is 2.29. The molecule has 0 atom stereocenters. The summed E-state index contributed by atoms with van der Waals surface area (Å²) < 4.78 is 0. The SMILES string of the molecule is Cc1ccccc1CN1C(=O)C(=Cc2ccc(C(=O)NCc3cccnc3)cc2)Sc2ccccc21. The highest BCUT2D eigenvalue weighted by atomic mass is 32.2. The fourth-order valence-electron chi connectivity index (χ4n) is 4.05. The summed E-state index contributed by atoms with van der Waals surface area (Å²) in [5.41, 5.74) is 5.57. The fraction of sp³-hybridized carbons (Fsp3) is 0.100. The third-order valence-corrected chi connectivity index (χ3v) is 7.15. The molecule has 2 heterocycles. The van der Waals surface area contributed by atoms with E-state index < -0.39 is 0 Å². The number of pyridine rings is 1. The Morgan fingerprint density at radius 1 is 0.972 bits per heavy atom. The number of aromatic nitrogens is 1. The second kappa shape index (κ2) is 10.6. The summed E-state index contributed by atoms with van der Waals surface area (Å²) in [6, 6.07) is 27.2. The number of amides is 2. The van der Waals surface area contributed by atoms with Crippen LogP contribution in [-0.4, -0.2) is 16.8 Å². The van der Waals surface area contributed by atoms with Gasteiger partial charge in [-0.1, -0.05) is 66.4 Å². The number of para-hydroxylation sites is 1. The average Bonchev–Trinajstić information content (AvgIpc) is 2.91. The number of fused-ring (bicyclic) bond motifs is 1. The van der Waals surface area contributed by atoms with Crippen molar-refractivity contribution in [1.29, 1.82) is 0 Å². The van der Waals surface area contributed by atoms with Gasteiger partial charge in [-0.15, -0.1) is 0 Å². The Morgan fingerprint density at radius 2 is 1.75 bits per heavy atom. The van der Waals surface area contributed by atoms with Gasteiger partial charge in [0.15, 0.2) is 0 Å². The van der Waals surface area contributed by atoms with Crippen molar-refractivity contribution < 1.29 is 9.59 Å². The van der Waals surface area contributed by atoms with E-state index in [9.17, 15) is 9.59 Å². The summed E-state index contributed by atoms with van der Waals surface area (Å²) in [4.78, 5) is 33.7. The molecule has 1 aliphatic heterocycles. The van der Waals surface area contributed by atoms with E-state index in [-0.39, 0.29) is 11.8 Å². The fourth-order valence-corrected chi connectivity index (χ4v) is 5.11. The van der Waals surface area contributed by atoms with Crippen LogP contribution in [0.1, 0.15) is 32.6 Å². The van der Waals surface area contributed by atoms with Gasteiger partial charge in [0.25, 0.3) is 11.8 Å². The van der Waals surface area contributed by atoms with Crippen LogP contribution < -0.4 is 10.2 Å². The maximum absolute atomic E-state index is 13.6. The lowest BCUT2D eigenvalue weighted by Gasteiger charge is -2.31. The lowest BCUT2D eigenvalue weighted by Crippen LogP contribution is -2.33. The van der Waals surface area contributed by atoms with Crippen molar-refractivity contribution in [3.63, 3.8) is 0 Å². The molecule has 0 bridgehead atoms. The van der Waals surface area contributed by atoms with Crippen molar-refractivity contribution in [2.45, 2.75) is 24.9 Å². The van der Waals surface area contributed by atoms with Crippen LogP contribution in [0.5, 0.6) is 0 Å². The summed E-state index contributed by atoms with van der Waals surface area (Å²) in [5, 5.41) is 2.91. The molecule has 0 saturated carbocycles. The van der Waals surface area contributed by atoms with Crippen molar-refractivity contribution >= 4 is 35.3 Å². The number of thioether (sulfide) groups is 1. The Balaban J connectivity index is 1.35. The van der Waals surface area contributed by atoms with Crippen molar-refractivity contribution in [3.05, 3.63) is 130 Å². The minimum atomic E-state index is -0.153. The molecular weight excluding hydrogens is 466 g/mol. The van der Waals surface area contributed by atoms with Gasteiger partial charge in [-0.05, 0) is 65.6 Å². The average molecular weight is 492 g/mol. The second-order valence-electron chi connectivity index (χ2n) is 8.56. The van der Waals surface area contributed by atoms with Crippen LogP contribution >= 0.6 is 11.8 Å². The quantitative estimate of drug-likeness (QED) is 0.336. The standard InChI is InChI=1S/C30H25N3O2S/c1-21-7-2-3-9-25(21)20-33-26-10-4-5-11-27(26)36-28(30(33)35)17-22-12-14-24(15-13-22)29(34)32-19-23-8-6-16-31-18-23/h2-18H,19-20H2,1H3,(H,32,34). The Kier molecular flexibility index (Phi) is 6.96.